The van der Waals surface area contributed by atoms with Crippen LogP contribution in [0.4, 0.5) is 0 Å². The summed E-state index contributed by atoms with van der Waals surface area (Å²) in [5.74, 6) is 0.831. The molecule has 1 aromatic heterocycles. The van der Waals surface area contributed by atoms with Gasteiger partial charge in [-0.1, -0.05) is 24.3 Å². The van der Waals surface area contributed by atoms with Crippen molar-refractivity contribution in [3.8, 4) is 17.0 Å². The number of thioether (sulfide) groups is 1. The van der Waals surface area contributed by atoms with Crippen LogP contribution >= 0.6 is 11.8 Å². The van der Waals surface area contributed by atoms with E-state index in [1.54, 1.807) is 18.9 Å². The highest BCUT2D eigenvalue weighted by Gasteiger charge is 2.32. The number of fused-ring (bicyclic) bond motifs is 5. The van der Waals surface area contributed by atoms with Crippen molar-refractivity contribution in [2.24, 2.45) is 0 Å². The molecule has 23 heavy (non-hydrogen) atoms. The Balaban J connectivity index is 2.20. The molecule has 1 atom stereocenters. The summed E-state index contributed by atoms with van der Waals surface area (Å²) in [6.07, 6.45) is 1.05. The zero-order chi connectivity index (χ0) is 16.0. The van der Waals surface area contributed by atoms with Crippen LogP contribution in [0.15, 0.2) is 47.4 Å². The third-order valence-electron chi connectivity index (χ3n) is 4.43. The molecule has 0 radical (unpaired) electrons. The van der Waals surface area contributed by atoms with Crippen molar-refractivity contribution in [3.05, 3.63) is 48.0 Å². The highest BCUT2D eigenvalue weighted by Crippen LogP contribution is 2.53. The molecule has 3 aromatic rings. The molecule has 1 aliphatic rings. The predicted molar refractivity (Wildman–Crippen MR) is 94.3 cm³/mol. The number of ether oxygens (including phenoxy) is 1. The van der Waals surface area contributed by atoms with E-state index in [9.17, 15) is 4.79 Å². The minimum atomic E-state index is -0.202. The summed E-state index contributed by atoms with van der Waals surface area (Å²) in [7, 11) is 1.68. The molecule has 3 nitrogen and oxygen atoms in total. The van der Waals surface area contributed by atoms with Crippen molar-refractivity contribution in [2.45, 2.75) is 23.6 Å². The van der Waals surface area contributed by atoms with Crippen LogP contribution in [0.25, 0.3) is 22.2 Å². The number of rotatable bonds is 3. The zero-order valence-electron chi connectivity index (χ0n) is 13.1. The maximum atomic E-state index is 11.8. The van der Waals surface area contributed by atoms with E-state index in [0.29, 0.717) is 0 Å². The molecular weight excluding hydrogens is 306 g/mol. The lowest BCUT2D eigenvalue weighted by Crippen LogP contribution is -2.06. The second-order valence-electron chi connectivity index (χ2n) is 5.53. The fourth-order valence-electron chi connectivity index (χ4n) is 3.52. The summed E-state index contributed by atoms with van der Waals surface area (Å²) in [5.41, 5.74) is 4.56. The van der Waals surface area contributed by atoms with Crippen LogP contribution in [0.5, 0.6) is 5.75 Å². The van der Waals surface area contributed by atoms with Gasteiger partial charge in [0.1, 0.15) is 12.0 Å². The van der Waals surface area contributed by atoms with E-state index in [0.717, 1.165) is 45.6 Å². The smallest absolute Gasteiger partial charge is 0.137 e. The lowest BCUT2D eigenvalue weighted by Gasteiger charge is -2.23. The zero-order valence-corrected chi connectivity index (χ0v) is 13.9. The van der Waals surface area contributed by atoms with Gasteiger partial charge in [0.05, 0.1) is 23.6 Å². The van der Waals surface area contributed by atoms with Crippen LogP contribution in [0.2, 0.25) is 0 Å². The largest absolute Gasteiger partial charge is 0.496 e. The predicted octanol–water partition coefficient (Wildman–Crippen LogP) is 4.68. The van der Waals surface area contributed by atoms with Gasteiger partial charge in [-0.25, -0.2) is 0 Å². The molecule has 2 heterocycles. The second kappa shape index (κ2) is 5.46. The standard InChI is InChI=1S/C19H17NO2S/c1-3-20-13-8-6-9-14(22-2)17(13)18-16(11-21)23-15-10-5-4-7-12(15)19(18)20/h4-11,16H,3H2,1-2H3. The van der Waals surface area contributed by atoms with Crippen LogP contribution in [-0.2, 0) is 11.3 Å². The quantitative estimate of drug-likeness (QED) is 0.656. The van der Waals surface area contributed by atoms with E-state index >= 15 is 0 Å². The molecule has 0 amide bonds. The van der Waals surface area contributed by atoms with Crippen molar-refractivity contribution < 1.29 is 9.53 Å². The molecule has 1 aliphatic heterocycles. The summed E-state index contributed by atoms with van der Waals surface area (Å²) in [6.45, 7) is 2.99. The first-order valence-corrected chi connectivity index (χ1v) is 8.58. The van der Waals surface area contributed by atoms with Gasteiger partial charge in [0.2, 0.25) is 0 Å². The number of nitrogens with zero attached hydrogens (tertiary/aromatic N) is 1. The highest BCUT2D eigenvalue weighted by atomic mass is 32.2. The van der Waals surface area contributed by atoms with E-state index in [-0.39, 0.29) is 5.25 Å². The number of carbonyl (C=O) groups excluding carboxylic acids is 1. The summed E-state index contributed by atoms with van der Waals surface area (Å²) >= 11 is 1.62. The lowest BCUT2D eigenvalue weighted by atomic mass is 10.0. The Labute approximate surface area is 139 Å². The van der Waals surface area contributed by atoms with Crippen LogP contribution in [0.1, 0.15) is 17.7 Å². The Morgan fingerprint density at radius 2 is 2.04 bits per heavy atom. The maximum absolute atomic E-state index is 11.8. The molecule has 0 spiro atoms. The Hall–Kier alpha value is -2.20. The summed E-state index contributed by atoms with van der Waals surface area (Å²) in [5, 5.41) is 0.859. The number of hydrogen-bond acceptors (Lipinski definition) is 3. The van der Waals surface area contributed by atoms with Gasteiger partial charge in [-0.2, -0.15) is 0 Å². The van der Waals surface area contributed by atoms with Crippen molar-refractivity contribution in [1.82, 2.24) is 4.57 Å². The van der Waals surface area contributed by atoms with Gasteiger partial charge in [0, 0.05) is 28.0 Å². The first kappa shape index (κ1) is 14.4. The second-order valence-corrected chi connectivity index (χ2v) is 6.72. The van der Waals surface area contributed by atoms with Crippen LogP contribution < -0.4 is 4.74 Å². The summed E-state index contributed by atoms with van der Waals surface area (Å²) < 4.78 is 7.89. The SMILES string of the molecule is CCn1c2c(c3c(OC)cccc31)C(C=O)Sc1ccccc1-2. The molecule has 2 aromatic carbocycles. The monoisotopic (exact) mass is 323 g/mol. The normalized spacial score (nSPS) is 16.0. The van der Waals surface area contributed by atoms with Crippen LogP contribution in [0.3, 0.4) is 0 Å². The molecule has 0 N–H and O–H groups in total. The Kier molecular flexibility index (Phi) is 3.42. The summed E-state index contributed by atoms with van der Waals surface area (Å²) in [6, 6.07) is 14.4. The van der Waals surface area contributed by atoms with Gasteiger partial charge < -0.3 is 14.1 Å². The van der Waals surface area contributed by atoms with Crippen molar-refractivity contribution in [3.63, 3.8) is 0 Å². The molecule has 0 saturated carbocycles. The first-order chi connectivity index (χ1) is 11.3. The Morgan fingerprint density at radius 3 is 2.78 bits per heavy atom. The van der Waals surface area contributed by atoms with Gasteiger partial charge >= 0.3 is 0 Å². The van der Waals surface area contributed by atoms with Crippen molar-refractivity contribution in [1.29, 1.82) is 0 Å². The van der Waals surface area contributed by atoms with E-state index in [2.05, 4.69) is 35.8 Å². The van der Waals surface area contributed by atoms with E-state index in [4.69, 9.17) is 4.74 Å². The van der Waals surface area contributed by atoms with E-state index in [1.807, 2.05) is 18.2 Å². The number of methoxy groups -OCH3 is 1. The number of benzene rings is 2. The molecule has 4 rings (SSSR count). The van der Waals surface area contributed by atoms with Gasteiger partial charge in [-0.15, -0.1) is 11.8 Å². The van der Waals surface area contributed by atoms with E-state index < -0.39 is 0 Å². The Morgan fingerprint density at radius 1 is 1.22 bits per heavy atom. The number of aryl methyl sites for hydroxylation is 1. The number of carbonyl (C=O) groups is 1. The third kappa shape index (κ3) is 1.94. The number of aldehydes is 1. The molecule has 1 unspecified atom stereocenters. The molecule has 0 fully saturated rings. The highest BCUT2D eigenvalue weighted by molar-refractivity contribution is 8.00. The van der Waals surface area contributed by atoms with Gasteiger partial charge in [-0.3, -0.25) is 0 Å². The topological polar surface area (TPSA) is 31.2 Å². The minimum absolute atomic E-state index is 0.202. The third-order valence-corrected chi connectivity index (χ3v) is 5.64. The fourth-order valence-corrected chi connectivity index (χ4v) is 4.65. The van der Waals surface area contributed by atoms with Crippen molar-refractivity contribution >= 4 is 29.0 Å². The lowest BCUT2D eigenvalue weighted by molar-refractivity contribution is -0.107. The fraction of sp³-hybridized carbons (Fsp3) is 0.211. The summed E-state index contributed by atoms with van der Waals surface area (Å²) in [4.78, 5) is 13.0. The van der Waals surface area contributed by atoms with Crippen molar-refractivity contribution in [2.75, 3.05) is 7.11 Å². The average Bonchev–Trinajstić information content (AvgIpc) is 2.95. The molecule has 0 bridgehead atoms. The maximum Gasteiger partial charge on any atom is 0.137 e. The number of hydrogen-bond donors (Lipinski definition) is 0. The van der Waals surface area contributed by atoms with Crippen LogP contribution in [0, 0.1) is 0 Å². The molecule has 0 saturated heterocycles. The van der Waals surface area contributed by atoms with Gasteiger partial charge in [0.15, 0.2) is 0 Å². The minimum Gasteiger partial charge on any atom is -0.496 e. The molecular formula is C19H17NO2S. The average molecular weight is 323 g/mol. The first-order valence-electron chi connectivity index (χ1n) is 7.70. The molecule has 4 heteroatoms. The molecule has 116 valence electrons. The van der Waals surface area contributed by atoms with Crippen LogP contribution in [-0.4, -0.2) is 18.0 Å². The Bertz CT molecular complexity index is 913. The van der Waals surface area contributed by atoms with E-state index in [1.165, 1.54) is 5.56 Å². The molecule has 0 aliphatic carbocycles. The number of aromatic nitrogens is 1. The van der Waals surface area contributed by atoms with Gasteiger partial charge in [0.25, 0.3) is 0 Å². The van der Waals surface area contributed by atoms with Gasteiger partial charge in [-0.05, 0) is 25.1 Å².